The van der Waals surface area contributed by atoms with Crippen LogP contribution in [0.5, 0.6) is 0 Å². The number of nitrogens with one attached hydrogen (secondary N) is 1. The molecule has 0 saturated carbocycles. The maximum Gasteiger partial charge on any atom is 0.243 e. The molecular weight excluding hydrogens is 129 g/mol. The van der Waals surface area contributed by atoms with Gasteiger partial charge in [0.15, 0.2) is 0 Å². The number of rotatable bonds is 3. The van der Waals surface area contributed by atoms with Crippen LogP contribution in [0, 0.1) is 0 Å². The zero-order valence-electron chi connectivity index (χ0n) is 5.55. The second-order valence-corrected chi connectivity index (χ2v) is 1.22. The zero-order valence-corrected chi connectivity index (χ0v) is 7.55. The van der Waals surface area contributed by atoms with E-state index in [9.17, 15) is 4.79 Å². The molecule has 0 aliphatic rings. The second kappa shape index (κ2) is 8.17. The van der Waals surface area contributed by atoms with Crippen molar-refractivity contribution in [2.45, 2.75) is 0 Å². The Labute approximate surface area is 76.4 Å². The first-order valence-corrected chi connectivity index (χ1v) is 2.32. The summed E-state index contributed by atoms with van der Waals surface area (Å²) < 4.78 is 0. The first kappa shape index (κ1) is 11.9. The molecule has 1 amide bonds. The number of hydrogen-bond donors (Lipinski definition) is 2. The molecular formula is C5H9NNaO2. The molecule has 3 nitrogen and oxygen atoms in total. The Balaban J connectivity index is 0. The van der Waals surface area contributed by atoms with Crippen LogP contribution in [-0.2, 0) is 4.79 Å². The molecule has 0 aromatic rings. The van der Waals surface area contributed by atoms with Crippen molar-refractivity contribution in [3.8, 4) is 0 Å². The summed E-state index contributed by atoms with van der Waals surface area (Å²) in [5.74, 6) is -0.251. The van der Waals surface area contributed by atoms with Crippen molar-refractivity contribution >= 4 is 35.5 Å². The topological polar surface area (TPSA) is 49.3 Å². The Bertz CT molecular complexity index is 95.0. The summed E-state index contributed by atoms with van der Waals surface area (Å²) in [6, 6.07) is 0. The first-order chi connectivity index (χ1) is 3.81. The van der Waals surface area contributed by atoms with Gasteiger partial charge in [0.25, 0.3) is 0 Å². The van der Waals surface area contributed by atoms with E-state index in [1.165, 1.54) is 0 Å². The smallest absolute Gasteiger partial charge is 0.243 e. The molecule has 2 N–H and O–H groups in total. The molecule has 0 saturated heterocycles. The number of amides is 1. The van der Waals surface area contributed by atoms with Gasteiger partial charge in [-0.15, -0.1) is 0 Å². The molecule has 0 aromatic heterocycles. The molecule has 0 aliphatic heterocycles. The number of carbonyl (C=O) groups excluding carboxylic acids is 1. The van der Waals surface area contributed by atoms with Gasteiger partial charge in [0.2, 0.25) is 5.91 Å². The van der Waals surface area contributed by atoms with Gasteiger partial charge in [-0.25, -0.2) is 0 Å². The number of aliphatic hydroxyl groups is 1. The Hall–Kier alpha value is 0.170. The summed E-state index contributed by atoms with van der Waals surface area (Å²) in [5, 5.41) is 10.5. The predicted octanol–water partition coefficient (Wildman–Crippen LogP) is -1.10. The van der Waals surface area contributed by atoms with Crippen molar-refractivity contribution in [1.82, 2.24) is 5.32 Å². The molecule has 0 rings (SSSR count). The maximum absolute atomic E-state index is 10.2. The first-order valence-electron chi connectivity index (χ1n) is 2.32. The molecule has 0 aliphatic carbocycles. The molecule has 0 heterocycles. The molecule has 47 valence electrons. The van der Waals surface area contributed by atoms with E-state index in [1.54, 1.807) is 0 Å². The van der Waals surface area contributed by atoms with Crippen LogP contribution < -0.4 is 5.32 Å². The van der Waals surface area contributed by atoms with Gasteiger partial charge in [-0.2, -0.15) is 0 Å². The monoisotopic (exact) mass is 138 g/mol. The summed E-state index contributed by atoms with van der Waals surface area (Å²) in [6.45, 7) is 3.49. The third-order valence-corrected chi connectivity index (χ3v) is 0.596. The minimum absolute atomic E-state index is 0. The third-order valence-electron chi connectivity index (χ3n) is 0.596. The molecule has 0 fully saturated rings. The summed E-state index contributed by atoms with van der Waals surface area (Å²) >= 11 is 0. The molecule has 4 heteroatoms. The van der Waals surface area contributed by atoms with Gasteiger partial charge < -0.3 is 10.4 Å². The van der Waals surface area contributed by atoms with Gasteiger partial charge in [-0.1, -0.05) is 6.58 Å². The molecule has 0 atom stereocenters. The Morgan fingerprint density at radius 2 is 2.33 bits per heavy atom. The average Bonchev–Trinajstić information content (AvgIpc) is 1.83. The maximum atomic E-state index is 10.2. The molecule has 1 radical (unpaired) electrons. The van der Waals surface area contributed by atoms with E-state index in [0.717, 1.165) is 6.08 Å². The van der Waals surface area contributed by atoms with Crippen LogP contribution in [0.1, 0.15) is 0 Å². The van der Waals surface area contributed by atoms with Gasteiger partial charge >= 0.3 is 0 Å². The van der Waals surface area contributed by atoms with Crippen LogP contribution in [0.3, 0.4) is 0 Å². The van der Waals surface area contributed by atoms with Crippen LogP contribution in [0.25, 0.3) is 0 Å². The van der Waals surface area contributed by atoms with Gasteiger partial charge in [0.1, 0.15) is 0 Å². The van der Waals surface area contributed by atoms with E-state index in [2.05, 4.69) is 11.9 Å². The summed E-state index contributed by atoms with van der Waals surface area (Å²) in [5.41, 5.74) is 0. The molecule has 0 spiro atoms. The Morgan fingerprint density at radius 3 is 2.67 bits per heavy atom. The third kappa shape index (κ3) is 8.17. The van der Waals surface area contributed by atoms with Gasteiger partial charge in [0, 0.05) is 36.1 Å². The largest absolute Gasteiger partial charge is 0.395 e. The van der Waals surface area contributed by atoms with Crippen molar-refractivity contribution in [3.63, 3.8) is 0 Å². The van der Waals surface area contributed by atoms with E-state index in [4.69, 9.17) is 5.11 Å². The fourth-order valence-electron chi connectivity index (χ4n) is 0.251. The van der Waals surface area contributed by atoms with Crippen molar-refractivity contribution in [1.29, 1.82) is 0 Å². The van der Waals surface area contributed by atoms with Crippen molar-refractivity contribution in [2.75, 3.05) is 13.2 Å². The number of aliphatic hydroxyl groups excluding tert-OH is 1. The van der Waals surface area contributed by atoms with Gasteiger partial charge in [-0.05, 0) is 6.08 Å². The molecule has 0 bridgehead atoms. The van der Waals surface area contributed by atoms with E-state index in [0.29, 0.717) is 6.54 Å². The Morgan fingerprint density at radius 1 is 1.78 bits per heavy atom. The van der Waals surface area contributed by atoms with Crippen molar-refractivity contribution < 1.29 is 9.90 Å². The number of carbonyl (C=O) groups is 1. The van der Waals surface area contributed by atoms with Gasteiger partial charge in [-0.3, -0.25) is 4.79 Å². The SMILES string of the molecule is C=CC(=O)NCCO.[Na]. The van der Waals surface area contributed by atoms with E-state index < -0.39 is 0 Å². The quantitative estimate of drug-likeness (QED) is 0.384. The molecule has 9 heavy (non-hydrogen) atoms. The minimum atomic E-state index is -0.251. The fourth-order valence-corrected chi connectivity index (χ4v) is 0.251. The average molecular weight is 138 g/mol. The summed E-state index contributed by atoms with van der Waals surface area (Å²) in [6.07, 6.45) is 1.16. The fraction of sp³-hybridized carbons (Fsp3) is 0.400. The summed E-state index contributed by atoms with van der Waals surface area (Å²) in [7, 11) is 0. The van der Waals surface area contributed by atoms with Crippen LogP contribution in [-0.4, -0.2) is 53.7 Å². The van der Waals surface area contributed by atoms with E-state index >= 15 is 0 Å². The molecule has 0 unspecified atom stereocenters. The second-order valence-electron chi connectivity index (χ2n) is 1.22. The van der Waals surface area contributed by atoms with Crippen LogP contribution >= 0.6 is 0 Å². The van der Waals surface area contributed by atoms with Gasteiger partial charge in [0.05, 0.1) is 6.61 Å². The van der Waals surface area contributed by atoms with Crippen molar-refractivity contribution in [3.05, 3.63) is 12.7 Å². The zero-order chi connectivity index (χ0) is 6.41. The van der Waals surface area contributed by atoms with E-state index in [1.807, 2.05) is 0 Å². The Kier molecular flexibility index (Phi) is 10.8. The van der Waals surface area contributed by atoms with Crippen LogP contribution in [0.4, 0.5) is 0 Å². The van der Waals surface area contributed by atoms with E-state index in [-0.39, 0.29) is 42.1 Å². The standard InChI is InChI=1S/C5H9NO2.Na/c1-2-5(8)6-3-4-7;/h2,7H,1,3-4H2,(H,6,8);. The minimum Gasteiger partial charge on any atom is -0.395 e. The molecule has 0 aromatic carbocycles. The van der Waals surface area contributed by atoms with Crippen LogP contribution in [0.15, 0.2) is 12.7 Å². The normalized spacial score (nSPS) is 7.22. The van der Waals surface area contributed by atoms with Crippen LogP contribution in [0.2, 0.25) is 0 Å². The predicted molar refractivity (Wildman–Crippen MR) is 36.0 cm³/mol. The van der Waals surface area contributed by atoms with Crippen molar-refractivity contribution in [2.24, 2.45) is 0 Å². The number of hydrogen-bond acceptors (Lipinski definition) is 2. The summed E-state index contributed by atoms with van der Waals surface area (Å²) in [4.78, 5) is 10.2.